The number of carbonyl (C=O) groups is 1. The van der Waals surface area contributed by atoms with Crippen LogP contribution in [0.5, 0.6) is 0 Å². The lowest BCUT2D eigenvalue weighted by Gasteiger charge is -2.05. The third kappa shape index (κ3) is 3.35. The van der Waals surface area contributed by atoms with E-state index in [2.05, 4.69) is 31.2 Å². The van der Waals surface area contributed by atoms with Gasteiger partial charge in [-0.3, -0.25) is 9.78 Å². The number of nitrogens with one attached hydrogen (secondary N) is 1. The van der Waals surface area contributed by atoms with Crippen LogP contribution >= 0.6 is 15.9 Å². The highest BCUT2D eigenvalue weighted by Gasteiger charge is 2.07. The molecule has 5 heteroatoms. The maximum Gasteiger partial charge on any atom is 0.230 e. The third-order valence-electron chi connectivity index (χ3n) is 2.10. The van der Waals surface area contributed by atoms with E-state index >= 15 is 0 Å². The van der Waals surface area contributed by atoms with E-state index in [0.29, 0.717) is 10.3 Å². The SMILES string of the molecule is O=C(Cc1ccccn1)Nc1cccnc1Br. The molecule has 2 aromatic heterocycles. The Hall–Kier alpha value is -1.75. The molecule has 2 heterocycles. The number of anilines is 1. The second kappa shape index (κ2) is 5.54. The molecule has 0 unspecified atom stereocenters. The number of carbonyl (C=O) groups excluding carboxylic acids is 1. The van der Waals surface area contributed by atoms with Gasteiger partial charge in [-0.2, -0.15) is 0 Å². The van der Waals surface area contributed by atoms with E-state index in [-0.39, 0.29) is 12.3 Å². The minimum absolute atomic E-state index is 0.114. The predicted octanol–water partition coefficient (Wildman–Crippen LogP) is 2.42. The van der Waals surface area contributed by atoms with Crippen LogP contribution in [0.1, 0.15) is 5.69 Å². The van der Waals surface area contributed by atoms with E-state index in [9.17, 15) is 4.79 Å². The molecule has 17 heavy (non-hydrogen) atoms. The average Bonchev–Trinajstić information content (AvgIpc) is 2.33. The van der Waals surface area contributed by atoms with Crippen molar-refractivity contribution in [3.05, 3.63) is 53.0 Å². The number of aromatic nitrogens is 2. The summed E-state index contributed by atoms with van der Waals surface area (Å²) in [5.41, 5.74) is 1.40. The molecule has 0 bridgehead atoms. The average molecular weight is 292 g/mol. The molecule has 0 spiro atoms. The van der Waals surface area contributed by atoms with Crippen LogP contribution in [0.3, 0.4) is 0 Å². The Morgan fingerprint density at radius 1 is 1.18 bits per heavy atom. The van der Waals surface area contributed by atoms with Gasteiger partial charge >= 0.3 is 0 Å². The highest BCUT2D eigenvalue weighted by molar-refractivity contribution is 9.10. The zero-order valence-corrected chi connectivity index (χ0v) is 10.5. The van der Waals surface area contributed by atoms with E-state index < -0.39 is 0 Å². The first-order valence-corrected chi connectivity index (χ1v) is 5.85. The smallest absolute Gasteiger partial charge is 0.230 e. The van der Waals surface area contributed by atoms with E-state index in [1.54, 1.807) is 24.5 Å². The highest BCUT2D eigenvalue weighted by atomic mass is 79.9. The monoisotopic (exact) mass is 291 g/mol. The van der Waals surface area contributed by atoms with Gasteiger partial charge in [-0.1, -0.05) is 6.07 Å². The van der Waals surface area contributed by atoms with Crippen LogP contribution in [0.15, 0.2) is 47.3 Å². The van der Waals surface area contributed by atoms with Crippen molar-refractivity contribution >= 4 is 27.5 Å². The number of halogens is 1. The van der Waals surface area contributed by atoms with Crippen molar-refractivity contribution in [1.82, 2.24) is 9.97 Å². The normalized spacial score (nSPS) is 9.94. The van der Waals surface area contributed by atoms with Crippen molar-refractivity contribution in [2.24, 2.45) is 0 Å². The van der Waals surface area contributed by atoms with Gasteiger partial charge < -0.3 is 5.32 Å². The van der Waals surface area contributed by atoms with Crippen LogP contribution < -0.4 is 5.32 Å². The van der Waals surface area contributed by atoms with Gasteiger partial charge in [0.05, 0.1) is 12.1 Å². The topological polar surface area (TPSA) is 54.9 Å². The summed E-state index contributed by atoms with van der Waals surface area (Å²) in [6.07, 6.45) is 3.57. The fourth-order valence-corrected chi connectivity index (χ4v) is 1.69. The van der Waals surface area contributed by atoms with E-state index in [0.717, 1.165) is 5.69 Å². The van der Waals surface area contributed by atoms with Gasteiger partial charge in [0.15, 0.2) is 0 Å². The molecule has 0 aliphatic carbocycles. The molecule has 0 aliphatic rings. The van der Waals surface area contributed by atoms with Crippen molar-refractivity contribution < 1.29 is 4.79 Å². The number of hydrogen-bond acceptors (Lipinski definition) is 3. The first kappa shape index (κ1) is 11.7. The molecule has 2 aromatic rings. The second-order valence-electron chi connectivity index (χ2n) is 3.39. The van der Waals surface area contributed by atoms with Gasteiger partial charge in [-0.05, 0) is 40.2 Å². The molecule has 4 nitrogen and oxygen atoms in total. The largest absolute Gasteiger partial charge is 0.323 e. The van der Waals surface area contributed by atoms with Gasteiger partial charge in [0, 0.05) is 18.1 Å². The molecule has 0 aliphatic heterocycles. The Labute approximate surface area is 107 Å². The summed E-state index contributed by atoms with van der Waals surface area (Å²) in [5, 5.41) is 2.77. The van der Waals surface area contributed by atoms with Gasteiger partial charge in [0.25, 0.3) is 0 Å². The highest BCUT2D eigenvalue weighted by Crippen LogP contribution is 2.18. The van der Waals surface area contributed by atoms with Crippen molar-refractivity contribution in [1.29, 1.82) is 0 Å². The van der Waals surface area contributed by atoms with Gasteiger partial charge in [-0.25, -0.2) is 4.98 Å². The van der Waals surface area contributed by atoms with Crippen LogP contribution in [0.4, 0.5) is 5.69 Å². The molecule has 86 valence electrons. The summed E-state index contributed by atoms with van der Waals surface area (Å²) >= 11 is 3.27. The van der Waals surface area contributed by atoms with E-state index in [4.69, 9.17) is 0 Å². The molecule has 1 amide bonds. The Balaban J connectivity index is 2.01. The van der Waals surface area contributed by atoms with Crippen LogP contribution in [0, 0.1) is 0 Å². The minimum atomic E-state index is -0.114. The zero-order chi connectivity index (χ0) is 12.1. The summed E-state index contributed by atoms with van der Waals surface area (Å²) in [5.74, 6) is -0.114. The number of pyridine rings is 2. The summed E-state index contributed by atoms with van der Waals surface area (Å²) in [6.45, 7) is 0. The summed E-state index contributed by atoms with van der Waals surface area (Å²) < 4.78 is 0.620. The summed E-state index contributed by atoms with van der Waals surface area (Å²) in [4.78, 5) is 19.9. The second-order valence-corrected chi connectivity index (χ2v) is 4.14. The van der Waals surface area contributed by atoms with Crippen molar-refractivity contribution in [3.8, 4) is 0 Å². The Kier molecular flexibility index (Phi) is 3.82. The lowest BCUT2D eigenvalue weighted by molar-refractivity contribution is -0.115. The maximum atomic E-state index is 11.7. The maximum absolute atomic E-state index is 11.7. The molecule has 0 saturated heterocycles. The molecule has 0 saturated carbocycles. The molecule has 0 aromatic carbocycles. The van der Waals surface area contributed by atoms with Gasteiger partial charge in [-0.15, -0.1) is 0 Å². The number of nitrogens with zero attached hydrogens (tertiary/aromatic N) is 2. The van der Waals surface area contributed by atoms with Crippen LogP contribution in [-0.4, -0.2) is 15.9 Å². The molecular formula is C12H10BrN3O. The molecule has 2 rings (SSSR count). The third-order valence-corrected chi connectivity index (χ3v) is 2.73. The lowest BCUT2D eigenvalue weighted by Crippen LogP contribution is -2.15. The van der Waals surface area contributed by atoms with Crippen molar-refractivity contribution in [2.75, 3.05) is 5.32 Å². The molecule has 0 radical (unpaired) electrons. The first-order valence-electron chi connectivity index (χ1n) is 5.06. The lowest BCUT2D eigenvalue weighted by atomic mass is 10.2. The van der Waals surface area contributed by atoms with Gasteiger partial charge in [0.1, 0.15) is 4.60 Å². The van der Waals surface area contributed by atoms with Crippen molar-refractivity contribution in [2.45, 2.75) is 6.42 Å². The standard InChI is InChI=1S/C12H10BrN3O/c13-12-10(5-3-7-15-12)16-11(17)8-9-4-1-2-6-14-9/h1-7H,8H2,(H,16,17). The fraction of sp³-hybridized carbons (Fsp3) is 0.0833. The minimum Gasteiger partial charge on any atom is -0.323 e. The number of hydrogen-bond donors (Lipinski definition) is 1. The predicted molar refractivity (Wildman–Crippen MR) is 68.5 cm³/mol. The van der Waals surface area contributed by atoms with Crippen LogP contribution in [0.2, 0.25) is 0 Å². The fourth-order valence-electron chi connectivity index (χ4n) is 1.34. The molecular weight excluding hydrogens is 282 g/mol. The zero-order valence-electron chi connectivity index (χ0n) is 8.93. The van der Waals surface area contributed by atoms with E-state index in [1.165, 1.54) is 0 Å². The van der Waals surface area contributed by atoms with Gasteiger partial charge in [0.2, 0.25) is 5.91 Å². The van der Waals surface area contributed by atoms with Crippen LogP contribution in [-0.2, 0) is 11.2 Å². The van der Waals surface area contributed by atoms with Crippen LogP contribution in [0.25, 0.3) is 0 Å². The Bertz CT molecular complexity index is 516. The summed E-state index contributed by atoms with van der Waals surface area (Å²) in [7, 11) is 0. The molecule has 0 fully saturated rings. The van der Waals surface area contributed by atoms with E-state index in [1.807, 2.05) is 18.2 Å². The number of rotatable bonds is 3. The summed E-state index contributed by atoms with van der Waals surface area (Å²) in [6, 6.07) is 9.04. The first-order chi connectivity index (χ1) is 8.25. The number of amides is 1. The Morgan fingerprint density at radius 3 is 2.71 bits per heavy atom. The van der Waals surface area contributed by atoms with Crippen molar-refractivity contribution in [3.63, 3.8) is 0 Å². The quantitative estimate of drug-likeness (QED) is 0.884. The molecule has 0 atom stereocenters. The molecule has 1 N–H and O–H groups in total. The Morgan fingerprint density at radius 2 is 2.00 bits per heavy atom.